The molecular weight excluding hydrogens is 344 g/mol. The lowest BCUT2D eigenvalue weighted by atomic mass is 10.1. The summed E-state index contributed by atoms with van der Waals surface area (Å²) >= 11 is 0. The molecule has 0 aliphatic rings. The topological polar surface area (TPSA) is 88.4 Å². The van der Waals surface area contributed by atoms with Crippen LogP contribution in [0.3, 0.4) is 0 Å². The number of esters is 1. The van der Waals surface area contributed by atoms with E-state index in [1.807, 2.05) is 38.1 Å². The summed E-state index contributed by atoms with van der Waals surface area (Å²) in [5.74, 6) is -0.472. The molecule has 0 unspecified atom stereocenters. The zero-order chi connectivity index (χ0) is 19.8. The van der Waals surface area contributed by atoms with E-state index in [1.54, 1.807) is 24.3 Å². The average Bonchev–Trinajstić information content (AvgIpc) is 2.67. The fourth-order valence-electron chi connectivity index (χ4n) is 2.32. The molecule has 0 heterocycles. The van der Waals surface area contributed by atoms with Crippen LogP contribution >= 0.6 is 0 Å². The molecule has 0 bridgehead atoms. The molecule has 0 radical (unpaired) electrons. The summed E-state index contributed by atoms with van der Waals surface area (Å²) in [6.07, 6.45) is 1.49. The first-order valence-corrected chi connectivity index (χ1v) is 8.23. The van der Waals surface area contributed by atoms with Gasteiger partial charge in [-0.3, -0.25) is 4.79 Å². The molecule has 0 aliphatic carbocycles. The van der Waals surface area contributed by atoms with Crippen molar-refractivity contribution in [1.82, 2.24) is 0 Å². The van der Waals surface area contributed by atoms with E-state index >= 15 is 0 Å². The van der Waals surface area contributed by atoms with Crippen molar-refractivity contribution in [2.75, 3.05) is 19.0 Å². The van der Waals surface area contributed by atoms with E-state index in [-0.39, 0.29) is 12.2 Å². The Kier molecular flexibility index (Phi) is 6.73. The van der Waals surface area contributed by atoms with Crippen molar-refractivity contribution >= 4 is 23.6 Å². The van der Waals surface area contributed by atoms with E-state index in [0.717, 1.165) is 11.1 Å². The lowest BCUT2D eigenvalue weighted by Gasteiger charge is -2.08. The number of hydrogen-bond donors (Lipinski definition) is 1. The minimum atomic E-state index is -0.478. The summed E-state index contributed by atoms with van der Waals surface area (Å²) in [6, 6.07) is 14.2. The molecule has 27 heavy (non-hydrogen) atoms. The van der Waals surface area contributed by atoms with Crippen LogP contribution in [0.1, 0.15) is 16.7 Å². The molecule has 6 nitrogen and oxygen atoms in total. The molecule has 0 aliphatic heterocycles. The van der Waals surface area contributed by atoms with Crippen molar-refractivity contribution in [3.8, 4) is 11.8 Å². The fraction of sp³-hybridized carbons (Fsp3) is 0.190. The van der Waals surface area contributed by atoms with Gasteiger partial charge < -0.3 is 14.8 Å². The number of aryl methyl sites for hydroxylation is 2. The Balaban J connectivity index is 2.09. The van der Waals surface area contributed by atoms with E-state index in [1.165, 1.54) is 13.2 Å². The second-order valence-electron chi connectivity index (χ2n) is 5.88. The van der Waals surface area contributed by atoms with Gasteiger partial charge in [-0.05, 0) is 49.2 Å². The molecule has 0 aromatic heterocycles. The third-order valence-corrected chi connectivity index (χ3v) is 3.77. The first-order chi connectivity index (χ1) is 12.9. The largest absolute Gasteiger partial charge is 0.482 e. The first kappa shape index (κ1) is 19.7. The van der Waals surface area contributed by atoms with Gasteiger partial charge in [0.05, 0.1) is 7.11 Å². The van der Waals surface area contributed by atoms with Gasteiger partial charge in [-0.1, -0.05) is 29.8 Å². The summed E-state index contributed by atoms with van der Waals surface area (Å²) in [5, 5.41) is 12.1. The maximum atomic E-state index is 12.4. The van der Waals surface area contributed by atoms with Gasteiger partial charge in [0.2, 0.25) is 0 Å². The highest BCUT2D eigenvalue weighted by atomic mass is 16.6. The SMILES string of the molecule is COC(=O)COc1ccc(/C=C(\C#N)C(=O)Nc2ccc(C)cc2C)cc1. The second-order valence-corrected chi connectivity index (χ2v) is 5.88. The molecule has 2 aromatic carbocycles. The standard InChI is InChI=1S/C21H20N2O4/c1-14-4-9-19(15(2)10-14)23-21(25)17(12-22)11-16-5-7-18(8-6-16)27-13-20(24)26-3/h4-11H,13H2,1-3H3,(H,23,25)/b17-11+. The maximum Gasteiger partial charge on any atom is 0.343 e. The molecule has 1 amide bonds. The quantitative estimate of drug-likeness (QED) is 0.482. The number of carbonyl (C=O) groups excluding carboxylic acids is 2. The van der Waals surface area contributed by atoms with Crippen molar-refractivity contribution in [2.45, 2.75) is 13.8 Å². The number of hydrogen-bond acceptors (Lipinski definition) is 5. The predicted molar refractivity (Wildman–Crippen MR) is 102 cm³/mol. The van der Waals surface area contributed by atoms with Crippen LogP contribution in [0.25, 0.3) is 6.08 Å². The third-order valence-electron chi connectivity index (χ3n) is 3.77. The number of nitrogens with one attached hydrogen (secondary N) is 1. The molecule has 1 N–H and O–H groups in total. The van der Waals surface area contributed by atoms with Gasteiger partial charge in [0.25, 0.3) is 5.91 Å². The minimum absolute atomic E-state index is 0.0156. The number of rotatable bonds is 6. The molecule has 0 fully saturated rings. The Morgan fingerprint density at radius 2 is 1.85 bits per heavy atom. The lowest BCUT2D eigenvalue weighted by molar-refractivity contribution is -0.142. The van der Waals surface area contributed by atoms with Gasteiger partial charge in [0, 0.05) is 5.69 Å². The summed E-state index contributed by atoms with van der Waals surface area (Å²) in [7, 11) is 1.28. The molecule has 0 atom stereocenters. The van der Waals surface area contributed by atoms with Gasteiger partial charge in [0.1, 0.15) is 17.4 Å². The fourth-order valence-corrected chi connectivity index (χ4v) is 2.32. The number of methoxy groups -OCH3 is 1. The molecule has 0 spiro atoms. The zero-order valence-electron chi connectivity index (χ0n) is 15.4. The monoisotopic (exact) mass is 364 g/mol. The molecular formula is C21H20N2O4. The van der Waals surface area contributed by atoms with Crippen molar-refractivity contribution in [3.63, 3.8) is 0 Å². The van der Waals surface area contributed by atoms with Gasteiger partial charge in [-0.2, -0.15) is 5.26 Å². The molecule has 6 heteroatoms. The normalized spacial score (nSPS) is 10.7. The van der Waals surface area contributed by atoms with Crippen LogP contribution in [0.2, 0.25) is 0 Å². The van der Waals surface area contributed by atoms with Crippen LogP contribution in [0, 0.1) is 25.2 Å². The number of amides is 1. The summed E-state index contributed by atoms with van der Waals surface area (Å²) in [4.78, 5) is 23.5. The van der Waals surface area contributed by atoms with Crippen molar-refractivity contribution in [3.05, 3.63) is 64.7 Å². The van der Waals surface area contributed by atoms with Gasteiger partial charge in [-0.25, -0.2) is 4.79 Å². The van der Waals surface area contributed by atoms with Crippen molar-refractivity contribution in [1.29, 1.82) is 5.26 Å². The number of anilines is 1. The van der Waals surface area contributed by atoms with E-state index in [4.69, 9.17) is 4.74 Å². The Bertz CT molecular complexity index is 909. The van der Waals surface area contributed by atoms with Crippen LogP contribution in [0.15, 0.2) is 48.0 Å². The number of ether oxygens (including phenoxy) is 2. The average molecular weight is 364 g/mol. The molecule has 138 valence electrons. The number of nitrogens with zero attached hydrogens (tertiary/aromatic N) is 1. The number of benzene rings is 2. The molecule has 0 saturated heterocycles. The Morgan fingerprint density at radius 3 is 2.44 bits per heavy atom. The van der Waals surface area contributed by atoms with Gasteiger partial charge in [-0.15, -0.1) is 0 Å². The van der Waals surface area contributed by atoms with Crippen LogP contribution in [-0.4, -0.2) is 25.6 Å². The van der Waals surface area contributed by atoms with Gasteiger partial charge >= 0.3 is 5.97 Å². The maximum absolute atomic E-state index is 12.4. The van der Waals surface area contributed by atoms with E-state index in [0.29, 0.717) is 17.0 Å². The van der Waals surface area contributed by atoms with Crippen molar-refractivity contribution < 1.29 is 19.1 Å². The first-order valence-electron chi connectivity index (χ1n) is 8.23. The summed E-state index contributed by atoms with van der Waals surface area (Å²) in [5.41, 5.74) is 3.33. The number of nitriles is 1. The zero-order valence-corrected chi connectivity index (χ0v) is 15.4. The summed E-state index contributed by atoms with van der Waals surface area (Å²) < 4.78 is 9.75. The van der Waals surface area contributed by atoms with E-state index in [9.17, 15) is 14.9 Å². The Hall–Kier alpha value is -3.59. The third kappa shape index (κ3) is 5.72. The number of carbonyl (C=O) groups is 2. The summed E-state index contributed by atoms with van der Waals surface area (Å²) in [6.45, 7) is 3.68. The molecule has 0 saturated carbocycles. The molecule has 2 rings (SSSR count). The van der Waals surface area contributed by atoms with Crippen LogP contribution < -0.4 is 10.1 Å². The molecule has 2 aromatic rings. The van der Waals surface area contributed by atoms with Gasteiger partial charge in [0.15, 0.2) is 6.61 Å². The Morgan fingerprint density at radius 1 is 1.15 bits per heavy atom. The van der Waals surface area contributed by atoms with Crippen LogP contribution in [0.4, 0.5) is 5.69 Å². The lowest BCUT2D eigenvalue weighted by Crippen LogP contribution is -2.14. The minimum Gasteiger partial charge on any atom is -0.482 e. The van der Waals surface area contributed by atoms with Crippen LogP contribution in [-0.2, 0) is 14.3 Å². The highest BCUT2D eigenvalue weighted by Crippen LogP contribution is 2.18. The van der Waals surface area contributed by atoms with Crippen LogP contribution in [0.5, 0.6) is 5.75 Å². The van der Waals surface area contributed by atoms with E-state index < -0.39 is 11.9 Å². The smallest absolute Gasteiger partial charge is 0.343 e. The Labute approximate surface area is 158 Å². The predicted octanol–water partition coefficient (Wildman–Crippen LogP) is 3.40. The highest BCUT2D eigenvalue weighted by molar-refractivity contribution is 6.09. The second kappa shape index (κ2) is 9.20. The van der Waals surface area contributed by atoms with Crippen molar-refractivity contribution in [2.24, 2.45) is 0 Å². The highest BCUT2D eigenvalue weighted by Gasteiger charge is 2.11. The van der Waals surface area contributed by atoms with E-state index in [2.05, 4.69) is 10.1 Å².